The summed E-state index contributed by atoms with van der Waals surface area (Å²) < 4.78 is 3.47. The molecule has 3 aliphatic carbocycles. The van der Waals surface area contributed by atoms with Crippen LogP contribution in [0.15, 0.2) is 68.0 Å². The minimum absolute atomic E-state index is 1.03. The summed E-state index contributed by atoms with van der Waals surface area (Å²) in [6, 6.07) is 20.4. The van der Waals surface area contributed by atoms with E-state index < -0.39 is 0 Å². The zero-order valence-corrected chi connectivity index (χ0v) is 20.7. The first-order valence-electron chi connectivity index (χ1n) is 10.2. The van der Waals surface area contributed by atoms with Crippen LogP contribution in [0.4, 0.5) is 0 Å². The van der Waals surface area contributed by atoms with Gasteiger partial charge in [-0.2, -0.15) is 0 Å². The van der Waals surface area contributed by atoms with Gasteiger partial charge in [-0.25, -0.2) is 0 Å². The molecule has 30 heavy (non-hydrogen) atoms. The van der Waals surface area contributed by atoms with Crippen LogP contribution < -0.4 is 0 Å². The monoisotopic (exact) mass is 576 g/mol. The topological polar surface area (TPSA) is 0 Å². The molecular formula is C27H15Br3. The lowest BCUT2D eigenvalue weighted by molar-refractivity contribution is 1.21. The molecule has 3 heteroatoms. The summed E-state index contributed by atoms with van der Waals surface area (Å²) in [5.74, 6) is 0. The third kappa shape index (κ3) is 2.32. The first-order chi connectivity index (χ1) is 14.6. The lowest BCUT2D eigenvalue weighted by Gasteiger charge is -2.17. The summed E-state index contributed by atoms with van der Waals surface area (Å²) in [4.78, 5) is 0. The van der Waals surface area contributed by atoms with Crippen LogP contribution in [0.1, 0.15) is 33.4 Å². The van der Waals surface area contributed by atoms with Gasteiger partial charge in [0.25, 0.3) is 0 Å². The van der Waals surface area contributed by atoms with Crippen molar-refractivity contribution in [1.29, 1.82) is 0 Å². The number of rotatable bonds is 0. The second-order valence-electron chi connectivity index (χ2n) is 8.50. The van der Waals surface area contributed by atoms with Crippen LogP contribution >= 0.6 is 47.8 Å². The average Bonchev–Trinajstić information content (AvgIpc) is 3.38. The van der Waals surface area contributed by atoms with Crippen LogP contribution in [0.25, 0.3) is 33.4 Å². The quantitative estimate of drug-likeness (QED) is 0.169. The predicted octanol–water partition coefficient (Wildman–Crippen LogP) is 8.69. The minimum atomic E-state index is 1.03. The largest absolute Gasteiger partial charge is 0.0570 e. The van der Waals surface area contributed by atoms with Crippen molar-refractivity contribution in [3.63, 3.8) is 0 Å². The van der Waals surface area contributed by atoms with Gasteiger partial charge >= 0.3 is 0 Å². The molecule has 0 amide bonds. The second-order valence-corrected chi connectivity index (χ2v) is 11.2. The van der Waals surface area contributed by atoms with E-state index in [2.05, 4.69) is 102 Å². The van der Waals surface area contributed by atoms with E-state index in [0.29, 0.717) is 0 Å². The van der Waals surface area contributed by atoms with Crippen molar-refractivity contribution < 1.29 is 0 Å². The van der Waals surface area contributed by atoms with Crippen LogP contribution in [-0.2, 0) is 19.3 Å². The van der Waals surface area contributed by atoms with E-state index in [-0.39, 0.29) is 0 Å². The Labute approximate surface area is 200 Å². The van der Waals surface area contributed by atoms with Crippen molar-refractivity contribution in [2.24, 2.45) is 0 Å². The summed E-state index contributed by atoms with van der Waals surface area (Å²) >= 11 is 11.2. The molecule has 7 rings (SSSR count). The van der Waals surface area contributed by atoms with Crippen LogP contribution in [0.3, 0.4) is 0 Å². The van der Waals surface area contributed by atoms with Gasteiger partial charge in [-0.15, -0.1) is 0 Å². The van der Waals surface area contributed by atoms with Crippen molar-refractivity contribution in [2.45, 2.75) is 19.3 Å². The Morgan fingerprint density at radius 1 is 0.433 bits per heavy atom. The molecule has 0 atom stereocenters. The molecule has 0 aliphatic heterocycles. The first-order valence-corrected chi connectivity index (χ1v) is 12.5. The maximum Gasteiger partial charge on any atom is 0.0181 e. The molecule has 0 saturated heterocycles. The molecule has 0 fully saturated rings. The molecule has 0 aromatic heterocycles. The SMILES string of the molecule is Brc1ccc2c(c1)-c1c(c3c(c4c1Cc1ccc(Br)cc1-4)Cc1ccc(Br)cc1-3)C2. The summed E-state index contributed by atoms with van der Waals surface area (Å²) in [6.07, 6.45) is 3.08. The molecule has 3 aliphatic rings. The highest BCUT2D eigenvalue weighted by molar-refractivity contribution is 9.11. The standard InChI is InChI=1S/C27H15Br3/c28-16-4-1-13-7-22-25(19(13)10-16)23-8-14-2-5-18(30)12-21(14)27(23)24-9-15-3-6-17(29)11-20(15)26(22)24/h1-6,10-12H,7-9H2. The molecule has 4 aromatic carbocycles. The Balaban J connectivity index is 1.64. The Bertz CT molecular complexity index is 1250. The fraction of sp³-hybridized carbons (Fsp3) is 0.111. The van der Waals surface area contributed by atoms with E-state index in [1.54, 1.807) is 0 Å². The highest BCUT2D eigenvalue weighted by Gasteiger charge is 2.37. The number of fused-ring (bicyclic) bond motifs is 12. The summed E-state index contributed by atoms with van der Waals surface area (Å²) in [6.45, 7) is 0. The fourth-order valence-corrected chi connectivity index (χ4v) is 6.89. The average molecular weight is 579 g/mol. The molecule has 0 radical (unpaired) electrons. The van der Waals surface area contributed by atoms with Gasteiger partial charge < -0.3 is 0 Å². The van der Waals surface area contributed by atoms with Crippen molar-refractivity contribution in [2.75, 3.05) is 0 Å². The van der Waals surface area contributed by atoms with Gasteiger partial charge in [0.2, 0.25) is 0 Å². The summed E-state index contributed by atoms with van der Waals surface area (Å²) in [5.41, 5.74) is 17.6. The van der Waals surface area contributed by atoms with Crippen molar-refractivity contribution in [1.82, 2.24) is 0 Å². The normalized spacial score (nSPS) is 14.1. The van der Waals surface area contributed by atoms with E-state index in [9.17, 15) is 0 Å². The Kier molecular flexibility index (Phi) is 3.70. The zero-order valence-electron chi connectivity index (χ0n) is 16.0. The molecule has 0 bridgehead atoms. The smallest absolute Gasteiger partial charge is 0.0181 e. The second kappa shape index (κ2) is 6.18. The maximum absolute atomic E-state index is 3.72. The third-order valence-electron chi connectivity index (χ3n) is 6.94. The number of hydrogen-bond acceptors (Lipinski definition) is 0. The summed E-state index contributed by atoms with van der Waals surface area (Å²) in [7, 11) is 0. The van der Waals surface area contributed by atoms with Crippen LogP contribution in [-0.4, -0.2) is 0 Å². The van der Waals surface area contributed by atoms with E-state index in [0.717, 1.165) is 32.7 Å². The highest BCUT2D eigenvalue weighted by Crippen LogP contribution is 2.57. The molecule has 0 unspecified atom stereocenters. The van der Waals surface area contributed by atoms with Crippen LogP contribution in [0, 0.1) is 0 Å². The first kappa shape index (κ1) is 17.9. The van der Waals surface area contributed by atoms with Gasteiger partial charge in [-0.1, -0.05) is 66.0 Å². The molecule has 0 nitrogen and oxygen atoms in total. The highest BCUT2D eigenvalue weighted by atomic mass is 79.9. The molecular weight excluding hydrogens is 564 g/mol. The number of halogens is 3. The molecule has 0 spiro atoms. The van der Waals surface area contributed by atoms with Gasteiger partial charge in [0.05, 0.1) is 0 Å². The zero-order chi connectivity index (χ0) is 20.1. The van der Waals surface area contributed by atoms with Crippen molar-refractivity contribution >= 4 is 47.8 Å². The Morgan fingerprint density at radius 2 is 0.733 bits per heavy atom. The number of benzene rings is 4. The maximum atomic E-state index is 3.72. The van der Waals surface area contributed by atoms with E-state index in [1.165, 1.54) is 66.8 Å². The Morgan fingerprint density at radius 3 is 1.03 bits per heavy atom. The lowest BCUT2D eigenvalue weighted by Crippen LogP contribution is -1.97. The van der Waals surface area contributed by atoms with Gasteiger partial charge in [-0.05, 0) is 122 Å². The Hall–Kier alpha value is -1.68. The minimum Gasteiger partial charge on any atom is -0.0570 e. The van der Waals surface area contributed by atoms with E-state index in [1.807, 2.05) is 0 Å². The lowest BCUT2D eigenvalue weighted by atomic mass is 9.86. The molecule has 0 N–H and O–H groups in total. The van der Waals surface area contributed by atoms with Gasteiger partial charge in [0.1, 0.15) is 0 Å². The fourth-order valence-electron chi connectivity index (χ4n) is 5.81. The van der Waals surface area contributed by atoms with Crippen molar-refractivity contribution in [3.05, 3.63) is 101 Å². The van der Waals surface area contributed by atoms with Gasteiger partial charge in [0, 0.05) is 13.4 Å². The molecule has 144 valence electrons. The molecule has 0 heterocycles. The predicted molar refractivity (Wildman–Crippen MR) is 134 cm³/mol. The molecule has 4 aromatic rings. The third-order valence-corrected chi connectivity index (χ3v) is 8.42. The number of hydrogen-bond donors (Lipinski definition) is 0. The summed E-state index contributed by atoms with van der Waals surface area (Å²) in [5, 5.41) is 0. The van der Waals surface area contributed by atoms with E-state index in [4.69, 9.17) is 0 Å². The van der Waals surface area contributed by atoms with Crippen LogP contribution in [0.5, 0.6) is 0 Å². The van der Waals surface area contributed by atoms with Gasteiger partial charge in [0.15, 0.2) is 0 Å². The van der Waals surface area contributed by atoms with Crippen molar-refractivity contribution in [3.8, 4) is 33.4 Å². The van der Waals surface area contributed by atoms with Gasteiger partial charge in [-0.3, -0.25) is 0 Å². The van der Waals surface area contributed by atoms with Crippen LogP contribution in [0.2, 0.25) is 0 Å². The molecule has 0 saturated carbocycles. The van der Waals surface area contributed by atoms with E-state index >= 15 is 0 Å².